The first kappa shape index (κ1) is 10.8. The van der Waals surface area contributed by atoms with Crippen molar-refractivity contribution in [2.24, 2.45) is 16.6 Å². The van der Waals surface area contributed by atoms with E-state index in [0.717, 1.165) is 0 Å². The lowest BCUT2D eigenvalue weighted by Gasteiger charge is -2.20. The van der Waals surface area contributed by atoms with E-state index in [2.05, 4.69) is 15.8 Å². The summed E-state index contributed by atoms with van der Waals surface area (Å²) in [6.07, 6.45) is 0. The Hall–Kier alpha value is -1.31. The normalized spacial score (nSPS) is 26.6. The molecule has 1 atom stereocenters. The van der Waals surface area contributed by atoms with Crippen molar-refractivity contribution in [2.45, 2.75) is 0 Å². The van der Waals surface area contributed by atoms with Gasteiger partial charge in [-0.15, -0.1) is 5.43 Å². The Kier molecular flexibility index (Phi) is 2.94. The minimum atomic E-state index is 0.0212. The first-order valence-corrected chi connectivity index (χ1v) is 4.32. The van der Waals surface area contributed by atoms with Crippen LogP contribution in [0.1, 0.15) is 0 Å². The molecule has 80 valence electrons. The van der Waals surface area contributed by atoms with Crippen LogP contribution in [0, 0.1) is 0 Å². The zero-order valence-corrected chi connectivity index (χ0v) is 8.41. The number of hydrogen-bond acceptors (Lipinski definition) is 6. The van der Waals surface area contributed by atoms with E-state index < -0.39 is 0 Å². The van der Waals surface area contributed by atoms with Gasteiger partial charge in [0.2, 0.25) is 5.84 Å². The lowest BCUT2D eigenvalue weighted by Crippen LogP contribution is -2.49. The summed E-state index contributed by atoms with van der Waals surface area (Å²) < 4.78 is 0.0274. The summed E-state index contributed by atoms with van der Waals surface area (Å²) >= 11 is 0. The van der Waals surface area contributed by atoms with Crippen LogP contribution in [0.25, 0.3) is 0 Å². The second kappa shape index (κ2) is 3.82. The Bertz CT molecular complexity index is 286. The molecule has 7 heteroatoms. The summed E-state index contributed by atoms with van der Waals surface area (Å²) in [7, 11) is 3.51. The maximum Gasteiger partial charge on any atom is 0.273 e. The summed E-state index contributed by atoms with van der Waals surface area (Å²) in [5.41, 5.74) is 15.0. The third-order valence-electron chi connectivity index (χ3n) is 2.14. The summed E-state index contributed by atoms with van der Waals surface area (Å²) in [5, 5.41) is 15.7. The summed E-state index contributed by atoms with van der Waals surface area (Å²) in [5.74, 6) is 0.825. The van der Waals surface area contributed by atoms with Gasteiger partial charge in [0.05, 0.1) is 6.61 Å². The Balaban J connectivity index is 2.88. The topological polar surface area (TPSA) is 109 Å². The van der Waals surface area contributed by atoms with Gasteiger partial charge >= 0.3 is 0 Å². The van der Waals surface area contributed by atoms with Crippen LogP contribution in [0.5, 0.6) is 0 Å². The molecule has 0 aromatic heterocycles. The van der Waals surface area contributed by atoms with Crippen LogP contribution in [0.15, 0.2) is 16.6 Å². The van der Waals surface area contributed by atoms with Crippen LogP contribution in [0.4, 0.5) is 0 Å². The molecule has 7 nitrogen and oxygen atoms in total. The van der Waals surface area contributed by atoms with Gasteiger partial charge in [-0.1, -0.05) is 4.70 Å². The zero-order chi connectivity index (χ0) is 10.8. The summed E-state index contributed by atoms with van der Waals surface area (Å²) in [6, 6.07) is 0. The minimum Gasteiger partial charge on any atom is -0.395 e. The molecular weight excluding hydrogens is 184 g/mol. The second-order valence-corrected chi connectivity index (χ2v) is 3.08. The van der Waals surface area contributed by atoms with Crippen molar-refractivity contribution in [2.75, 3.05) is 27.2 Å². The van der Waals surface area contributed by atoms with E-state index in [1.54, 1.807) is 14.1 Å². The van der Waals surface area contributed by atoms with E-state index in [1.165, 1.54) is 0 Å². The van der Waals surface area contributed by atoms with Gasteiger partial charge in [-0.25, -0.2) is 0 Å². The first-order valence-electron chi connectivity index (χ1n) is 4.32. The van der Waals surface area contributed by atoms with Gasteiger partial charge in [-0.2, -0.15) is 0 Å². The van der Waals surface area contributed by atoms with Gasteiger partial charge < -0.3 is 21.9 Å². The molecule has 1 aliphatic rings. The highest BCUT2D eigenvalue weighted by Crippen LogP contribution is 2.17. The third kappa shape index (κ3) is 1.65. The van der Waals surface area contributed by atoms with Crippen LogP contribution >= 0.6 is 0 Å². The van der Waals surface area contributed by atoms with E-state index in [0.29, 0.717) is 23.9 Å². The molecule has 0 saturated heterocycles. The Morgan fingerprint density at radius 2 is 2.14 bits per heavy atom. The number of nitrogens with zero attached hydrogens (tertiary/aromatic N) is 2. The van der Waals surface area contributed by atoms with Crippen molar-refractivity contribution in [3.63, 3.8) is 0 Å². The van der Waals surface area contributed by atoms with Crippen molar-refractivity contribution in [3.05, 3.63) is 11.5 Å². The fourth-order valence-electron chi connectivity index (χ4n) is 1.20. The fraction of sp³-hybridized carbons (Fsp3) is 0.571. The minimum absolute atomic E-state index is 0.0212. The monoisotopic (exact) mass is 201 g/mol. The number of nitrogens with one attached hydrogen (secondary N) is 2. The largest absolute Gasteiger partial charge is 0.395 e. The van der Waals surface area contributed by atoms with Crippen molar-refractivity contribution in [1.82, 2.24) is 10.7 Å². The molecule has 0 saturated carbocycles. The SMILES string of the molecule is CN[N+]1(C)N=C(N)C(NCCO)=C1N. The Labute approximate surface area is 82.6 Å². The predicted octanol–water partition coefficient (Wildman–Crippen LogP) is -2.44. The zero-order valence-electron chi connectivity index (χ0n) is 8.41. The van der Waals surface area contributed by atoms with Gasteiger partial charge in [0.15, 0.2) is 5.70 Å². The third-order valence-corrected chi connectivity index (χ3v) is 2.14. The molecule has 0 aromatic rings. The highest BCUT2D eigenvalue weighted by Gasteiger charge is 2.36. The number of amidine groups is 1. The standard InChI is InChI=1S/C7H17N6O/c1-10-13(2)7(9)5(6(8)12-13)11-3-4-14/h10-11,14H,3-4,9H2,1-2H3,(H2,8,12)/q+1. The van der Waals surface area contributed by atoms with Crippen molar-refractivity contribution in [1.29, 1.82) is 0 Å². The molecule has 0 aliphatic carbocycles. The van der Waals surface area contributed by atoms with E-state index in [1.807, 2.05) is 0 Å². The van der Waals surface area contributed by atoms with Crippen molar-refractivity contribution >= 4 is 5.84 Å². The number of aliphatic hydroxyl groups excluding tert-OH is 1. The number of hydrogen-bond donors (Lipinski definition) is 5. The number of quaternary nitrogens is 1. The molecule has 7 N–H and O–H groups in total. The van der Waals surface area contributed by atoms with E-state index >= 15 is 0 Å². The Morgan fingerprint density at radius 3 is 2.57 bits per heavy atom. The van der Waals surface area contributed by atoms with Crippen LogP contribution in [0.2, 0.25) is 0 Å². The van der Waals surface area contributed by atoms with Crippen molar-refractivity contribution in [3.8, 4) is 0 Å². The molecule has 0 amide bonds. The molecule has 0 aromatic carbocycles. The van der Waals surface area contributed by atoms with Gasteiger partial charge in [0.25, 0.3) is 5.82 Å². The molecule has 1 unspecified atom stereocenters. The molecule has 0 fully saturated rings. The smallest absolute Gasteiger partial charge is 0.273 e. The fourth-order valence-corrected chi connectivity index (χ4v) is 1.20. The van der Waals surface area contributed by atoms with E-state index in [4.69, 9.17) is 16.6 Å². The highest BCUT2D eigenvalue weighted by molar-refractivity contribution is 5.97. The van der Waals surface area contributed by atoms with E-state index in [-0.39, 0.29) is 11.3 Å². The van der Waals surface area contributed by atoms with Crippen LogP contribution < -0.4 is 22.2 Å². The molecule has 14 heavy (non-hydrogen) atoms. The molecule has 1 aliphatic heterocycles. The van der Waals surface area contributed by atoms with Crippen LogP contribution in [0.3, 0.4) is 0 Å². The van der Waals surface area contributed by atoms with Crippen LogP contribution in [-0.2, 0) is 0 Å². The average Bonchev–Trinajstić information content (AvgIpc) is 2.37. The molecular formula is C7H17N6O+. The maximum atomic E-state index is 8.66. The number of rotatable bonds is 4. The van der Waals surface area contributed by atoms with Gasteiger partial charge in [-0.05, 0) is 5.10 Å². The maximum absolute atomic E-state index is 8.66. The lowest BCUT2D eigenvalue weighted by molar-refractivity contribution is -0.920. The molecule has 1 heterocycles. The lowest BCUT2D eigenvalue weighted by atomic mass is 10.4. The predicted molar refractivity (Wildman–Crippen MR) is 53.2 cm³/mol. The summed E-state index contributed by atoms with van der Waals surface area (Å²) in [4.78, 5) is 0. The Morgan fingerprint density at radius 1 is 1.50 bits per heavy atom. The quantitative estimate of drug-likeness (QED) is 0.325. The molecule has 1 rings (SSSR count). The molecule has 0 spiro atoms. The second-order valence-electron chi connectivity index (χ2n) is 3.08. The molecule has 0 radical (unpaired) electrons. The summed E-state index contributed by atoms with van der Waals surface area (Å²) in [6.45, 7) is 0.420. The van der Waals surface area contributed by atoms with Crippen LogP contribution in [-0.4, -0.2) is 42.9 Å². The molecule has 0 bridgehead atoms. The van der Waals surface area contributed by atoms with Gasteiger partial charge in [0, 0.05) is 13.6 Å². The number of nitrogens with two attached hydrogens (primary N) is 2. The van der Waals surface area contributed by atoms with Gasteiger partial charge in [0.1, 0.15) is 7.05 Å². The number of aliphatic hydroxyl groups is 1. The van der Waals surface area contributed by atoms with Gasteiger partial charge in [-0.3, -0.25) is 0 Å². The first-order chi connectivity index (χ1) is 6.55. The average molecular weight is 201 g/mol. The van der Waals surface area contributed by atoms with Crippen molar-refractivity contribution < 1.29 is 9.81 Å². The van der Waals surface area contributed by atoms with E-state index in [9.17, 15) is 0 Å². The highest BCUT2D eigenvalue weighted by atomic mass is 16.3.